The van der Waals surface area contributed by atoms with Crippen LogP contribution in [0.15, 0.2) is 0 Å². The Morgan fingerprint density at radius 3 is 2.45 bits per heavy atom. The largest absolute Gasteiger partial charge is 0.198 e. The lowest BCUT2D eigenvalue weighted by Gasteiger charge is -2.37. The first kappa shape index (κ1) is 8.59. The molecule has 0 amide bonds. The molecule has 1 nitrogen and oxygen atoms in total. The van der Waals surface area contributed by atoms with Crippen molar-refractivity contribution in [3.05, 3.63) is 0 Å². The highest BCUT2D eigenvalue weighted by molar-refractivity contribution is 5.04. The van der Waals surface area contributed by atoms with E-state index in [1.165, 1.54) is 12.8 Å². The Bertz CT molecular complexity index is 162. The zero-order valence-corrected chi connectivity index (χ0v) is 7.56. The molecule has 0 heterocycles. The lowest BCUT2D eigenvalue weighted by atomic mass is 9.65. The molecule has 0 radical (unpaired) electrons. The van der Waals surface area contributed by atoms with Gasteiger partial charge in [-0.25, -0.2) is 0 Å². The van der Waals surface area contributed by atoms with E-state index in [9.17, 15) is 0 Å². The van der Waals surface area contributed by atoms with Crippen LogP contribution in [0, 0.1) is 22.7 Å². The first-order valence-corrected chi connectivity index (χ1v) is 4.64. The smallest absolute Gasteiger partial charge is 0.0689 e. The highest BCUT2D eigenvalue weighted by Gasteiger charge is 2.37. The second-order valence-corrected chi connectivity index (χ2v) is 3.96. The second-order valence-electron chi connectivity index (χ2n) is 3.96. The van der Waals surface area contributed by atoms with Crippen LogP contribution in [0.2, 0.25) is 0 Å². The Balaban J connectivity index is 2.40. The summed E-state index contributed by atoms with van der Waals surface area (Å²) in [4.78, 5) is 0. The fraction of sp³-hybridized carbons (Fsp3) is 0.900. The van der Waals surface area contributed by atoms with Crippen molar-refractivity contribution in [2.24, 2.45) is 11.3 Å². The van der Waals surface area contributed by atoms with Gasteiger partial charge in [0.05, 0.1) is 11.5 Å². The standard InChI is InChI=1S/C10H17N/c1-3-9(2)7-10(8-11)5-4-6-10/h9H,3-7H2,1-2H3. The van der Waals surface area contributed by atoms with Crippen molar-refractivity contribution < 1.29 is 0 Å². The van der Waals surface area contributed by atoms with E-state index in [1.807, 2.05) is 0 Å². The van der Waals surface area contributed by atoms with Gasteiger partial charge < -0.3 is 0 Å². The van der Waals surface area contributed by atoms with E-state index in [4.69, 9.17) is 5.26 Å². The van der Waals surface area contributed by atoms with E-state index in [-0.39, 0.29) is 5.41 Å². The fourth-order valence-electron chi connectivity index (χ4n) is 1.78. The monoisotopic (exact) mass is 151 g/mol. The molecule has 0 aromatic carbocycles. The summed E-state index contributed by atoms with van der Waals surface area (Å²) in [7, 11) is 0. The van der Waals surface area contributed by atoms with Crippen molar-refractivity contribution >= 4 is 0 Å². The van der Waals surface area contributed by atoms with Crippen molar-refractivity contribution in [3.63, 3.8) is 0 Å². The van der Waals surface area contributed by atoms with E-state index in [1.54, 1.807) is 0 Å². The van der Waals surface area contributed by atoms with Gasteiger partial charge in [0.25, 0.3) is 0 Å². The van der Waals surface area contributed by atoms with Crippen molar-refractivity contribution in [3.8, 4) is 6.07 Å². The summed E-state index contributed by atoms with van der Waals surface area (Å²) in [6.07, 6.45) is 5.90. The average molecular weight is 151 g/mol. The molecule has 0 aromatic heterocycles. The Hall–Kier alpha value is -0.510. The molecule has 1 fully saturated rings. The van der Waals surface area contributed by atoms with Crippen LogP contribution in [0.1, 0.15) is 46.0 Å². The first-order valence-electron chi connectivity index (χ1n) is 4.64. The van der Waals surface area contributed by atoms with E-state index in [2.05, 4.69) is 19.9 Å². The molecule has 0 spiro atoms. The van der Waals surface area contributed by atoms with Crippen molar-refractivity contribution in [1.29, 1.82) is 5.26 Å². The molecule has 0 N–H and O–H groups in total. The van der Waals surface area contributed by atoms with Gasteiger partial charge in [0.2, 0.25) is 0 Å². The number of nitrogens with zero attached hydrogens (tertiary/aromatic N) is 1. The Labute approximate surface area is 69.4 Å². The summed E-state index contributed by atoms with van der Waals surface area (Å²) >= 11 is 0. The van der Waals surface area contributed by atoms with Crippen LogP contribution in [0.3, 0.4) is 0 Å². The summed E-state index contributed by atoms with van der Waals surface area (Å²) in [6, 6.07) is 2.48. The minimum atomic E-state index is 0.0927. The molecule has 1 aliphatic carbocycles. The summed E-state index contributed by atoms with van der Waals surface area (Å²) in [6.45, 7) is 4.45. The SMILES string of the molecule is CCC(C)CC1(C#N)CCC1. The molecule has 11 heavy (non-hydrogen) atoms. The third kappa shape index (κ3) is 1.74. The first-order chi connectivity index (χ1) is 5.22. The van der Waals surface area contributed by atoms with E-state index < -0.39 is 0 Å². The van der Waals surface area contributed by atoms with Crippen LogP contribution in [0.5, 0.6) is 0 Å². The van der Waals surface area contributed by atoms with Gasteiger partial charge in [-0.05, 0) is 25.2 Å². The average Bonchev–Trinajstić information content (AvgIpc) is 1.96. The third-order valence-electron chi connectivity index (χ3n) is 2.98. The lowest BCUT2D eigenvalue weighted by Crippen LogP contribution is -2.29. The molecule has 0 aromatic rings. The molecule has 0 aliphatic heterocycles. The topological polar surface area (TPSA) is 23.8 Å². The highest BCUT2D eigenvalue weighted by Crippen LogP contribution is 2.45. The van der Waals surface area contributed by atoms with Gasteiger partial charge in [0, 0.05) is 0 Å². The van der Waals surface area contributed by atoms with Crippen molar-refractivity contribution in [1.82, 2.24) is 0 Å². The molecule has 1 atom stereocenters. The van der Waals surface area contributed by atoms with Gasteiger partial charge in [-0.3, -0.25) is 0 Å². The van der Waals surface area contributed by atoms with Crippen LogP contribution in [-0.2, 0) is 0 Å². The van der Waals surface area contributed by atoms with Crippen molar-refractivity contribution in [2.75, 3.05) is 0 Å². The minimum Gasteiger partial charge on any atom is -0.198 e. The summed E-state index contributed by atoms with van der Waals surface area (Å²) in [5.74, 6) is 0.731. The van der Waals surface area contributed by atoms with E-state index in [0.717, 1.165) is 25.2 Å². The summed E-state index contributed by atoms with van der Waals surface area (Å²) in [5, 5.41) is 8.93. The molecule has 1 saturated carbocycles. The zero-order valence-electron chi connectivity index (χ0n) is 7.56. The quantitative estimate of drug-likeness (QED) is 0.608. The maximum Gasteiger partial charge on any atom is 0.0689 e. The Morgan fingerprint density at radius 1 is 1.55 bits per heavy atom. The second kappa shape index (κ2) is 3.26. The van der Waals surface area contributed by atoms with Gasteiger partial charge in [-0.2, -0.15) is 5.26 Å². The predicted octanol–water partition coefficient (Wildman–Crippen LogP) is 3.12. The molecule has 0 saturated heterocycles. The Morgan fingerprint density at radius 2 is 2.18 bits per heavy atom. The van der Waals surface area contributed by atoms with Crippen LogP contribution < -0.4 is 0 Å². The van der Waals surface area contributed by atoms with Crippen LogP contribution in [-0.4, -0.2) is 0 Å². The number of hydrogen-bond acceptors (Lipinski definition) is 1. The maximum absolute atomic E-state index is 8.93. The van der Waals surface area contributed by atoms with Gasteiger partial charge in [-0.15, -0.1) is 0 Å². The van der Waals surface area contributed by atoms with Gasteiger partial charge >= 0.3 is 0 Å². The van der Waals surface area contributed by atoms with Crippen LogP contribution in [0.4, 0.5) is 0 Å². The zero-order chi connectivity index (χ0) is 8.32. The number of rotatable bonds is 3. The van der Waals surface area contributed by atoms with Gasteiger partial charge in [0.1, 0.15) is 0 Å². The summed E-state index contributed by atoms with van der Waals surface area (Å²) < 4.78 is 0. The van der Waals surface area contributed by atoms with E-state index in [0.29, 0.717) is 0 Å². The molecule has 0 bridgehead atoms. The summed E-state index contributed by atoms with van der Waals surface area (Å²) in [5.41, 5.74) is 0.0927. The molecular formula is C10H17N. The molecule has 1 unspecified atom stereocenters. The number of nitriles is 1. The van der Waals surface area contributed by atoms with E-state index >= 15 is 0 Å². The fourth-order valence-corrected chi connectivity index (χ4v) is 1.78. The minimum absolute atomic E-state index is 0.0927. The molecule has 1 rings (SSSR count). The normalized spacial score (nSPS) is 23.4. The Kier molecular flexibility index (Phi) is 2.54. The van der Waals surface area contributed by atoms with Crippen LogP contribution >= 0.6 is 0 Å². The molecule has 1 heteroatoms. The van der Waals surface area contributed by atoms with Crippen LogP contribution in [0.25, 0.3) is 0 Å². The van der Waals surface area contributed by atoms with Gasteiger partial charge in [-0.1, -0.05) is 26.7 Å². The third-order valence-corrected chi connectivity index (χ3v) is 2.98. The molecular weight excluding hydrogens is 134 g/mol. The predicted molar refractivity (Wildman–Crippen MR) is 46.0 cm³/mol. The highest BCUT2D eigenvalue weighted by atomic mass is 14.4. The number of hydrogen-bond donors (Lipinski definition) is 0. The van der Waals surface area contributed by atoms with Gasteiger partial charge in [0.15, 0.2) is 0 Å². The van der Waals surface area contributed by atoms with Crippen molar-refractivity contribution in [2.45, 2.75) is 46.0 Å². The molecule has 62 valence electrons. The maximum atomic E-state index is 8.93. The molecule has 1 aliphatic rings. The lowest BCUT2D eigenvalue weighted by molar-refractivity contribution is 0.167.